The van der Waals surface area contributed by atoms with Gasteiger partial charge in [0.15, 0.2) is 0 Å². The maximum absolute atomic E-state index is 11.1. The average Bonchev–Trinajstić information content (AvgIpc) is 2.46. The Morgan fingerprint density at radius 3 is 2.67 bits per heavy atom. The first-order valence-electron chi connectivity index (χ1n) is 6.51. The predicted octanol–water partition coefficient (Wildman–Crippen LogP) is 1.29. The fourth-order valence-corrected chi connectivity index (χ4v) is 2.35. The second-order valence-electron chi connectivity index (χ2n) is 4.61. The molecule has 1 amide bonds. The number of carbonyl (C=O) groups is 1. The van der Waals surface area contributed by atoms with Gasteiger partial charge in [-0.1, -0.05) is 18.2 Å². The molecule has 1 aliphatic rings. The van der Waals surface area contributed by atoms with Crippen molar-refractivity contribution in [2.75, 3.05) is 24.6 Å². The number of anilines is 1. The van der Waals surface area contributed by atoms with Crippen LogP contribution >= 0.6 is 0 Å². The minimum absolute atomic E-state index is 0.330. The van der Waals surface area contributed by atoms with Crippen molar-refractivity contribution < 1.29 is 9.90 Å². The van der Waals surface area contributed by atoms with E-state index in [0.717, 1.165) is 18.7 Å². The van der Waals surface area contributed by atoms with Crippen LogP contribution in [0.25, 0.3) is 0 Å². The summed E-state index contributed by atoms with van der Waals surface area (Å²) in [6.07, 6.45) is 3.77. The third-order valence-corrected chi connectivity index (χ3v) is 3.31. The summed E-state index contributed by atoms with van der Waals surface area (Å²) >= 11 is 0. The highest BCUT2D eigenvalue weighted by Crippen LogP contribution is 2.23. The van der Waals surface area contributed by atoms with Crippen molar-refractivity contribution in [1.29, 1.82) is 0 Å². The number of hydrogen-bond donors (Lipinski definition) is 2. The van der Waals surface area contributed by atoms with Crippen LogP contribution in [0, 0.1) is 0 Å². The molecule has 4 nitrogen and oxygen atoms in total. The Balaban J connectivity index is 2.06. The number of benzene rings is 1. The normalized spacial score (nSPS) is 15.5. The topological polar surface area (TPSA) is 52.6 Å². The molecule has 2 rings (SSSR count). The molecule has 0 atom stereocenters. The monoisotopic (exact) mass is 248 g/mol. The number of aliphatic hydroxyl groups is 1. The molecule has 1 saturated heterocycles. The van der Waals surface area contributed by atoms with Crippen LogP contribution in [0.4, 0.5) is 5.69 Å². The number of hydrogen-bond acceptors (Lipinski definition) is 3. The van der Waals surface area contributed by atoms with Crippen LogP contribution in [0.3, 0.4) is 0 Å². The maximum Gasteiger partial charge on any atom is 0.245 e. The maximum atomic E-state index is 11.1. The lowest BCUT2D eigenvalue weighted by molar-refractivity contribution is -0.123. The summed E-state index contributed by atoms with van der Waals surface area (Å²) < 4.78 is 0. The van der Waals surface area contributed by atoms with Crippen LogP contribution in [-0.2, 0) is 11.3 Å². The Labute approximate surface area is 108 Å². The fourth-order valence-electron chi connectivity index (χ4n) is 2.35. The molecule has 0 aliphatic carbocycles. The molecular formula is C14H20N2O2. The van der Waals surface area contributed by atoms with Gasteiger partial charge in [0.2, 0.25) is 5.91 Å². The van der Waals surface area contributed by atoms with E-state index in [2.05, 4.69) is 16.3 Å². The highest BCUT2D eigenvalue weighted by atomic mass is 16.3. The fraction of sp³-hybridized carbons (Fsp3) is 0.500. The Morgan fingerprint density at radius 2 is 1.94 bits per heavy atom. The first kappa shape index (κ1) is 12.9. The zero-order valence-corrected chi connectivity index (χ0v) is 10.6. The van der Waals surface area contributed by atoms with Gasteiger partial charge < -0.3 is 15.3 Å². The van der Waals surface area contributed by atoms with Gasteiger partial charge in [0, 0.05) is 25.3 Å². The lowest BCUT2D eigenvalue weighted by atomic mass is 10.1. The second-order valence-corrected chi connectivity index (χ2v) is 4.61. The van der Waals surface area contributed by atoms with Gasteiger partial charge in [-0.25, -0.2) is 0 Å². The van der Waals surface area contributed by atoms with Crippen LogP contribution < -0.4 is 10.2 Å². The van der Waals surface area contributed by atoms with E-state index in [0.29, 0.717) is 6.54 Å². The molecule has 98 valence electrons. The van der Waals surface area contributed by atoms with Crippen molar-refractivity contribution in [3.8, 4) is 0 Å². The molecule has 1 aromatic rings. The minimum Gasteiger partial charge on any atom is -0.387 e. The molecule has 0 saturated carbocycles. The number of rotatable bonds is 4. The summed E-state index contributed by atoms with van der Waals surface area (Å²) in [5.41, 5.74) is 2.32. The minimum atomic E-state index is -0.452. The molecule has 1 aliphatic heterocycles. The average molecular weight is 248 g/mol. The number of nitrogens with one attached hydrogen (secondary N) is 1. The van der Waals surface area contributed by atoms with Crippen LogP contribution in [-0.4, -0.2) is 30.7 Å². The SMILES string of the molecule is O=C(CO)NCc1ccccc1N1CCCCC1. The second kappa shape index (κ2) is 6.40. The zero-order chi connectivity index (χ0) is 12.8. The number of aliphatic hydroxyl groups excluding tert-OH is 1. The number of carbonyl (C=O) groups excluding carboxylic acids is 1. The summed E-state index contributed by atoms with van der Waals surface area (Å²) in [6, 6.07) is 8.14. The van der Waals surface area contributed by atoms with Crippen LogP contribution in [0.1, 0.15) is 24.8 Å². The molecule has 2 N–H and O–H groups in total. The van der Waals surface area contributed by atoms with E-state index in [1.54, 1.807) is 0 Å². The summed E-state index contributed by atoms with van der Waals surface area (Å²) in [5.74, 6) is -0.330. The molecule has 0 aromatic heterocycles. The van der Waals surface area contributed by atoms with E-state index in [9.17, 15) is 4.79 Å². The summed E-state index contributed by atoms with van der Waals surface area (Å²) in [7, 11) is 0. The predicted molar refractivity (Wildman–Crippen MR) is 71.4 cm³/mol. The standard InChI is InChI=1S/C14H20N2O2/c17-11-14(18)15-10-12-6-2-3-7-13(12)16-8-4-1-5-9-16/h2-3,6-7,17H,1,4-5,8-11H2,(H,15,18). The van der Waals surface area contributed by atoms with Gasteiger partial charge in [0.25, 0.3) is 0 Å². The summed E-state index contributed by atoms with van der Waals surface area (Å²) in [4.78, 5) is 13.5. The van der Waals surface area contributed by atoms with Crippen LogP contribution in [0.2, 0.25) is 0 Å². The quantitative estimate of drug-likeness (QED) is 0.844. The van der Waals surface area contributed by atoms with Crippen molar-refractivity contribution in [3.05, 3.63) is 29.8 Å². The first-order valence-corrected chi connectivity index (χ1v) is 6.51. The van der Waals surface area contributed by atoms with E-state index >= 15 is 0 Å². The lowest BCUT2D eigenvalue weighted by Gasteiger charge is -2.30. The number of piperidine rings is 1. The number of amides is 1. The van der Waals surface area contributed by atoms with Gasteiger partial charge in [0.05, 0.1) is 0 Å². The lowest BCUT2D eigenvalue weighted by Crippen LogP contribution is -2.32. The van der Waals surface area contributed by atoms with E-state index in [1.165, 1.54) is 24.9 Å². The third-order valence-electron chi connectivity index (χ3n) is 3.31. The Morgan fingerprint density at radius 1 is 1.22 bits per heavy atom. The molecule has 0 unspecified atom stereocenters. The summed E-state index contributed by atoms with van der Waals surface area (Å²) in [6.45, 7) is 2.20. The Kier molecular flexibility index (Phi) is 4.59. The van der Waals surface area contributed by atoms with E-state index in [1.807, 2.05) is 18.2 Å². The molecule has 0 spiro atoms. The molecule has 18 heavy (non-hydrogen) atoms. The Bertz CT molecular complexity index is 401. The molecule has 1 aromatic carbocycles. The number of para-hydroxylation sites is 1. The van der Waals surface area contributed by atoms with Gasteiger partial charge in [-0.15, -0.1) is 0 Å². The van der Waals surface area contributed by atoms with Gasteiger partial charge in [-0.2, -0.15) is 0 Å². The molecule has 0 bridgehead atoms. The van der Waals surface area contributed by atoms with Crippen molar-refractivity contribution >= 4 is 11.6 Å². The van der Waals surface area contributed by atoms with E-state index in [4.69, 9.17) is 5.11 Å². The molecular weight excluding hydrogens is 228 g/mol. The van der Waals surface area contributed by atoms with Crippen LogP contribution in [0.15, 0.2) is 24.3 Å². The first-order chi connectivity index (χ1) is 8.81. The smallest absolute Gasteiger partial charge is 0.245 e. The van der Waals surface area contributed by atoms with Crippen molar-refractivity contribution in [2.45, 2.75) is 25.8 Å². The van der Waals surface area contributed by atoms with Crippen molar-refractivity contribution in [2.24, 2.45) is 0 Å². The summed E-state index contributed by atoms with van der Waals surface area (Å²) in [5, 5.41) is 11.4. The van der Waals surface area contributed by atoms with Crippen molar-refractivity contribution in [1.82, 2.24) is 5.32 Å². The number of nitrogens with zero attached hydrogens (tertiary/aromatic N) is 1. The van der Waals surface area contributed by atoms with E-state index in [-0.39, 0.29) is 5.91 Å². The zero-order valence-electron chi connectivity index (χ0n) is 10.6. The Hall–Kier alpha value is -1.55. The van der Waals surface area contributed by atoms with Gasteiger partial charge in [0.1, 0.15) is 6.61 Å². The molecule has 0 radical (unpaired) electrons. The van der Waals surface area contributed by atoms with E-state index < -0.39 is 6.61 Å². The van der Waals surface area contributed by atoms with Gasteiger partial charge in [-0.3, -0.25) is 4.79 Å². The third kappa shape index (κ3) is 3.23. The molecule has 1 heterocycles. The molecule has 4 heteroatoms. The van der Waals surface area contributed by atoms with Gasteiger partial charge in [-0.05, 0) is 30.9 Å². The van der Waals surface area contributed by atoms with Crippen molar-refractivity contribution in [3.63, 3.8) is 0 Å². The largest absolute Gasteiger partial charge is 0.387 e. The highest BCUT2D eigenvalue weighted by molar-refractivity contribution is 5.77. The molecule has 1 fully saturated rings. The van der Waals surface area contributed by atoms with Gasteiger partial charge >= 0.3 is 0 Å². The van der Waals surface area contributed by atoms with Crippen LogP contribution in [0.5, 0.6) is 0 Å². The highest BCUT2D eigenvalue weighted by Gasteiger charge is 2.14.